The Bertz CT molecular complexity index is 1190. The Hall–Kier alpha value is -2.82. The average Bonchev–Trinajstić information content (AvgIpc) is 3.17. The fourth-order valence-electron chi connectivity index (χ4n) is 3.97. The Balaban J connectivity index is 1.37. The summed E-state index contributed by atoms with van der Waals surface area (Å²) in [5.41, 5.74) is 1.82. The Labute approximate surface area is 187 Å². The molecule has 172 valence electrons. The summed E-state index contributed by atoms with van der Waals surface area (Å²) >= 11 is 0. The second-order valence-electron chi connectivity index (χ2n) is 7.78. The van der Waals surface area contributed by atoms with Gasteiger partial charge in [0.1, 0.15) is 10.4 Å². The van der Waals surface area contributed by atoms with E-state index >= 15 is 0 Å². The van der Waals surface area contributed by atoms with E-state index < -0.39 is 10.0 Å². The summed E-state index contributed by atoms with van der Waals surface area (Å²) in [5, 5.41) is 8.58. The molecular formula is C22H28N4O5S. The van der Waals surface area contributed by atoms with Crippen molar-refractivity contribution in [3.8, 4) is 11.5 Å². The van der Waals surface area contributed by atoms with E-state index in [0.29, 0.717) is 18.1 Å². The molecule has 1 aliphatic heterocycles. The number of piperidine rings is 1. The zero-order valence-corrected chi connectivity index (χ0v) is 19.0. The van der Waals surface area contributed by atoms with Gasteiger partial charge in [-0.2, -0.15) is 4.98 Å². The first-order valence-corrected chi connectivity index (χ1v) is 12.1. The molecule has 3 aromatic rings. The summed E-state index contributed by atoms with van der Waals surface area (Å²) in [7, 11) is -2.24. The van der Waals surface area contributed by atoms with Gasteiger partial charge < -0.3 is 19.2 Å². The molecule has 0 saturated carbocycles. The van der Waals surface area contributed by atoms with E-state index in [2.05, 4.69) is 21.3 Å². The van der Waals surface area contributed by atoms with Crippen molar-refractivity contribution in [2.45, 2.75) is 37.2 Å². The molecule has 0 amide bonds. The molecule has 0 aliphatic carbocycles. The third-order valence-electron chi connectivity index (χ3n) is 5.53. The molecule has 0 unspecified atom stereocenters. The van der Waals surface area contributed by atoms with Crippen LogP contribution >= 0.6 is 0 Å². The number of hydrogen-bond acceptors (Lipinski definition) is 8. The minimum atomic E-state index is -3.88. The molecule has 9 nitrogen and oxygen atoms in total. The Morgan fingerprint density at radius 2 is 2.00 bits per heavy atom. The van der Waals surface area contributed by atoms with Gasteiger partial charge in [0.05, 0.1) is 13.7 Å². The summed E-state index contributed by atoms with van der Waals surface area (Å²) < 4.78 is 40.3. The molecule has 10 heteroatoms. The van der Waals surface area contributed by atoms with Crippen LogP contribution in [0.5, 0.6) is 11.5 Å². The topological polar surface area (TPSA) is 120 Å². The second kappa shape index (κ2) is 9.35. The van der Waals surface area contributed by atoms with E-state index in [1.807, 2.05) is 19.1 Å². The Morgan fingerprint density at radius 1 is 1.22 bits per heavy atom. The molecule has 1 fully saturated rings. The van der Waals surface area contributed by atoms with Crippen LogP contribution in [0.2, 0.25) is 0 Å². The highest BCUT2D eigenvalue weighted by atomic mass is 32.2. The summed E-state index contributed by atoms with van der Waals surface area (Å²) in [5.74, 6) is 1.50. The zero-order chi connectivity index (χ0) is 22.7. The number of methoxy groups -OCH3 is 1. The first-order chi connectivity index (χ1) is 15.4. The van der Waals surface area contributed by atoms with Gasteiger partial charge in [-0.15, -0.1) is 0 Å². The Morgan fingerprint density at radius 3 is 2.69 bits per heavy atom. The number of likely N-dealkylation sites (tertiary alicyclic amines) is 1. The molecule has 0 radical (unpaired) electrons. The number of para-hydroxylation sites is 1. The standard InChI is InChI=1S/C22H28N4O5S/c1-3-30-19-13-15(7-8-18(19)29-2)14-26-11-9-16(10-12-26)24-22-25-17-5-4-6-20(21(17)31-22)32(23,27)28/h4-8,13,16H,3,9-12,14H2,1-2H3,(H,24,25)(H2,23,27,28). The van der Waals surface area contributed by atoms with E-state index in [1.54, 1.807) is 19.2 Å². The van der Waals surface area contributed by atoms with E-state index in [0.717, 1.165) is 44.0 Å². The SMILES string of the molecule is CCOc1cc(CN2CCC(Nc3nc4cccc(S(N)(=O)=O)c4o3)CC2)ccc1OC. The fraction of sp³-hybridized carbons (Fsp3) is 0.409. The molecule has 0 atom stereocenters. The lowest BCUT2D eigenvalue weighted by molar-refractivity contribution is 0.210. The number of hydrogen-bond donors (Lipinski definition) is 2. The number of ether oxygens (including phenoxy) is 2. The van der Waals surface area contributed by atoms with Gasteiger partial charge >= 0.3 is 0 Å². The number of rotatable bonds is 8. The summed E-state index contributed by atoms with van der Waals surface area (Å²) in [6.07, 6.45) is 1.82. The maximum Gasteiger partial charge on any atom is 0.295 e. The van der Waals surface area contributed by atoms with E-state index in [4.69, 9.17) is 19.0 Å². The monoisotopic (exact) mass is 460 g/mol. The summed E-state index contributed by atoms with van der Waals surface area (Å²) in [6.45, 7) is 5.20. The number of aromatic nitrogens is 1. The zero-order valence-electron chi connectivity index (χ0n) is 18.2. The molecule has 2 aromatic carbocycles. The van der Waals surface area contributed by atoms with Crippen LogP contribution in [0.3, 0.4) is 0 Å². The molecule has 1 saturated heterocycles. The maximum atomic E-state index is 11.8. The van der Waals surface area contributed by atoms with Gasteiger partial charge in [-0.1, -0.05) is 12.1 Å². The molecule has 1 aromatic heterocycles. The van der Waals surface area contributed by atoms with E-state index in [-0.39, 0.29) is 16.5 Å². The number of benzene rings is 2. The third kappa shape index (κ3) is 4.98. The third-order valence-corrected chi connectivity index (χ3v) is 6.47. The molecule has 4 rings (SSSR count). The van der Waals surface area contributed by atoms with Crippen molar-refractivity contribution >= 4 is 27.1 Å². The predicted molar refractivity (Wildman–Crippen MR) is 121 cm³/mol. The number of nitrogens with one attached hydrogen (secondary N) is 1. The van der Waals surface area contributed by atoms with E-state index in [9.17, 15) is 8.42 Å². The van der Waals surface area contributed by atoms with Crippen LogP contribution < -0.4 is 19.9 Å². The summed E-state index contributed by atoms with van der Waals surface area (Å²) in [6, 6.07) is 11.3. The van der Waals surface area contributed by atoms with Crippen molar-refractivity contribution in [2.24, 2.45) is 5.14 Å². The van der Waals surface area contributed by atoms with Crippen molar-refractivity contribution in [2.75, 3.05) is 32.1 Å². The van der Waals surface area contributed by atoms with Crippen molar-refractivity contribution in [3.63, 3.8) is 0 Å². The van der Waals surface area contributed by atoms with Crippen molar-refractivity contribution in [1.82, 2.24) is 9.88 Å². The largest absolute Gasteiger partial charge is 0.493 e. The lowest BCUT2D eigenvalue weighted by atomic mass is 10.0. The number of nitrogens with zero attached hydrogens (tertiary/aromatic N) is 2. The first kappa shape index (κ1) is 22.4. The minimum absolute atomic E-state index is 0.0590. The number of nitrogens with two attached hydrogens (primary N) is 1. The number of sulfonamides is 1. The first-order valence-electron chi connectivity index (χ1n) is 10.6. The Kier molecular flexibility index (Phi) is 6.54. The van der Waals surface area contributed by atoms with Crippen LogP contribution in [0.25, 0.3) is 11.1 Å². The van der Waals surface area contributed by atoms with Crippen LogP contribution in [0, 0.1) is 0 Å². The number of oxazole rings is 1. The van der Waals surface area contributed by atoms with Gasteiger partial charge in [0, 0.05) is 25.7 Å². The lowest BCUT2D eigenvalue weighted by Gasteiger charge is -2.32. The van der Waals surface area contributed by atoms with Crippen LogP contribution in [-0.4, -0.2) is 51.1 Å². The van der Waals surface area contributed by atoms with Gasteiger partial charge in [-0.25, -0.2) is 13.6 Å². The average molecular weight is 461 g/mol. The smallest absolute Gasteiger partial charge is 0.295 e. The quantitative estimate of drug-likeness (QED) is 0.526. The van der Waals surface area contributed by atoms with Crippen LogP contribution in [-0.2, 0) is 16.6 Å². The number of anilines is 1. The number of fused-ring (bicyclic) bond motifs is 1. The number of primary sulfonamides is 1. The highest BCUT2D eigenvalue weighted by Crippen LogP contribution is 2.30. The van der Waals surface area contributed by atoms with Crippen molar-refractivity contribution < 1.29 is 22.3 Å². The fourth-order valence-corrected chi connectivity index (χ4v) is 4.64. The van der Waals surface area contributed by atoms with Crippen LogP contribution in [0.15, 0.2) is 45.7 Å². The molecule has 1 aliphatic rings. The molecule has 0 spiro atoms. The highest BCUT2D eigenvalue weighted by molar-refractivity contribution is 7.89. The van der Waals surface area contributed by atoms with Crippen molar-refractivity contribution in [3.05, 3.63) is 42.0 Å². The predicted octanol–water partition coefficient (Wildman–Crippen LogP) is 2.96. The molecular weight excluding hydrogens is 432 g/mol. The lowest BCUT2D eigenvalue weighted by Crippen LogP contribution is -2.38. The van der Waals surface area contributed by atoms with Gasteiger partial charge in [0.2, 0.25) is 10.0 Å². The maximum absolute atomic E-state index is 11.8. The van der Waals surface area contributed by atoms with Crippen molar-refractivity contribution in [1.29, 1.82) is 0 Å². The molecule has 3 N–H and O–H groups in total. The second-order valence-corrected chi connectivity index (χ2v) is 9.31. The van der Waals surface area contributed by atoms with Gasteiger partial charge in [0.25, 0.3) is 6.01 Å². The molecule has 2 heterocycles. The molecule has 0 bridgehead atoms. The van der Waals surface area contributed by atoms with E-state index in [1.165, 1.54) is 11.6 Å². The van der Waals surface area contributed by atoms with Gasteiger partial charge in [-0.3, -0.25) is 4.90 Å². The normalized spacial score (nSPS) is 15.7. The van der Waals surface area contributed by atoms with Gasteiger partial charge in [-0.05, 0) is 49.6 Å². The van der Waals surface area contributed by atoms with Crippen LogP contribution in [0.4, 0.5) is 6.01 Å². The van der Waals surface area contributed by atoms with Gasteiger partial charge in [0.15, 0.2) is 17.1 Å². The van der Waals surface area contributed by atoms with Crippen LogP contribution in [0.1, 0.15) is 25.3 Å². The minimum Gasteiger partial charge on any atom is -0.493 e. The molecule has 32 heavy (non-hydrogen) atoms. The summed E-state index contributed by atoms with van der Waals surface area (Å²) in [4.78, 5) is 6.70. The highest BCUT2D eigenvalue weighted by Gasteiger charge is 2.23.